The number of hydrogen-bond donors (Lipinski definition) is 1. The summed E-state index contributed by atoms with van der Waals surface area (Å²) in [4.78, 5) is 31.7. The van der Waals surface area contributed by atoms with Crippen molar-refractivity contribution in [1.82, 2.24) is 15.0 Å². The van der Waals surface area contributed by atoms with E-state index in [0.29, 0.717) is 29.5 Å². The lowest BCUT2D eigenvalue weighted by atomic mass is 10.0. The first kappa shape index (κ1) is 19.8. The maximum absolute atomic E-state index is 13.0. The minimum Gasteiger partial charge on any atom is -0.361 e. The van der Waals surface area contributed by atoms with Crippen LogP contribution in [0.15, 0.2) is 53.2 Å². The van der Waals surface area contributed by atoms with Gasteiger partial charge in [-0.2, -0.15) is 0 Å². The summed E-state index contributed by atoms with van der Waals surface area (Å²) in [5, 5.41) is 6.56. The highest BCUT2D eigenvalue weighted by molar-refractivity contribution is 6.04. The molecule has 2 amide bonds. The van der Waals surface area contributed by atoms with Crippen LogP contribution in [0.25, 0.3) is 0 Å². The van der Waals surface area contributed by atoms with Crippen molar-refractivity contribution in [3.63, 3.8) is 0 Å². The first-order valence-electron chi connectivity index (χ1n) is 10.0. The summed E-state index contributed by atoms with van der Waals surface area (Å²) in [7, 11) is 0. The highest BCUT2D eigenvalue weighted by Gasteiger charge is 2.27. The van der Waals surface area contributed by atoms with Gasteiger partial charge in [0.2, 0.25) is 0 Å². The van der Waals surface area contributed by atoms with Crippen molar-refractivity contribution in [3.05, 3.63) is 76.9 Å². The molecule has 1 saturated heterocycles. The molecule has 1 aliphatic rings. The summed E-state index contributed by atoms with van der Waals surface area (Å²) in [6, 6.07) is 12.9. The largest absolute Gasteiger partial charge is 0.361 e. The van der Waals surface area contributed by atoms with Crippen molar-refractivity contribution in [2.75, 3.05) is 18.4 Å². The molecule has 2 aromatic heterocycles. The molecule has 7 nitrogen and oxygen atoms in total. The number of nitrogens with one attached hydrogen (secondary N) is 1. The van der Waals surface area contributed by atoms with Crippen LogP contribution in [0.5, 0.6) is 0 Å². The Kier molecular flexibility index (Phi) is 5.61. The van der Waals surface area contributed by atoms with E-state index in [9.17, 15) is 9.59 Å². The normalized spacial score (nSPS) is 15.9. The number of rotatable bonds is 5. The van der Waals surface area contributed by atoms with Gasteiger partial charge in [0.25, 0.3) is 11.8 Å². The number of carbonyl (C=O) groups excluding carboxylic acids is 2. The van der Waals surface area contributed by atoms with Crippen molar-refractivity contribution >= 4 is 17.5 Å². The van der Waals surface area contributed by atoms with E-state index in [1.165, 1.54) is 0 Å². The van der Waals surface area contributed by atoms with Gasteiger partial charge in [0.15, 0.2) is 5.69 Å². The third kappa shape index (κ3) is 4.40. The van der Waals surface area contributed by atoms with E-state index in [1.807, 2.05) is 36.1 Å². The lowest BCUT2D eigenvalue weighted by Gasteiger charge is -2.18. The number of carbonyl (C=O) groups is 2. The molecule has 0 spiro atoms. The van der Waals surface area contributed by atoms with Gasteiger partial charge in [-0.3, -0.25) is 14.6 Å². The number of benzene rings is 1. The van der Waals surface area contributed by atoms with Crippen LogP contribution >= 0.6 is 0 Å². The minimum atomic E-state index is -0.365. The molecule has 0 aliphatic carbocycles. The molecule has 3 heterocycles. The highest BCUT2D eigenvalue weighted by Crippen LogP contribution is 2.24. The molecular weight excluding hydrogens is 380 g/mol. The Morgan fingerprint density at radius 3 is 2.80 bits per heavy atom. The molecule has 1 aliphatic heterocycles. The van der Waals surface area contributed by atoms with E-state index in [1.54, 1.807) is 31.3 Å². The molecule has 30 heavy (non-hydrogen) atoms. The van der Waals surface area contributed by atoms with Crippen LogP contribution in [0.1, 0.15) is 44.3 Å². The molecule has 0 radical (unpaired) electrons. The van der Waals surface area contributed by atoms with E-state index < -0.39 is 0 Å². The monoisotopic (exact) mass is 404 g/mol. The van der Waals surface area contributed by atoms with Gasteiger partial charge in [-0.25, -0.2) is 0 Å². The first-order valence-corrected chi connectivity index (χ1v) is 10.0. The standard InChI is InChI=1S/C23H24N4O3/c1-15-6-7-18(13-20(15)25-22(28)21-11-16(2)30-26-21)23(29)27-10-8-17(14-27)12-19-5-3-4-9-24-19/h3-7,9,11,13,17H,8,10,12,14H2,1-2H3,(H,25,28). The summed E-state index contributed by atoms with van der Waals surface area (Å²) in [5.74, 6) is 0.585. The molecule has 4 rings (SSSR count). The van der Waals surface area contributed by atoms with Crippen LogP contribution in [-0.4, -0.2) is 39.9 Å². The first-order chi connectivity index (χ1) is 14.5. The second-order valence-electron chi connectivity index (χ2n) is 7.74. The van der Waals surface area contributed by atoms with Gasteiger partial charge < -0.3 is 14.7 Å². The molecule has 1 aromatic carbocycles. The fourth-order valence-electron chi connectivity index (χ4n) is 3.73. The van der Waals surface area contributed by atoms with Gasteiger partial charge in [0.1, 0.15) is 5.76 Å². The number of nitrogens with zero attached hydrogens (tertiary/aromatic N) is 3. The SMILES string of the molecule is Cc1cc(C(=O)Nc2cc(C(=O)N3CCC(Cc4ccccn4)C3)ccc2C)no1. The van der Waals surface area contributed by atoms with Crippen molar-refractivity contribution in [3.8, 4) is 0 Å². The lowest BCUT2D eigenvalue weighted by Crippen LogP contribution is -2.29. The van der Waals surface area contributed by atoms with Crippen molar-refractivity contribution in [2.24, 2.45) is 5.92 Å². The Morgan fingerprint density at radius 2 is 2.07 bits per heavy atom. The zero-order chi connectivity index (χ0) is 21.1. The maximum Gasteiger partial charge on any atom is 0.277 e. The Balaban J connectivity index is 1.43. The van der Waals surface area contributed by atoms with Crippen LogP contribution < -0.4 is 5.32 Å². The fourth-order valence-corrected chi connectivity index (χ4v) is 3.73. The van der Waals surface area contributed by atoms with Gasteiger partial charge in [0, 0.05) is 42.3 Å². The predicted molar refractivity (Wildman–Crippen MR) is 112 cm³/mol. The average molecular weight is 404 g/mol. The maximum atomic E-state index is 13.0. The molecule has 7 heteroatoms. The Bertz CT molecular complexity index is 1060. The average Bonchev–Trinajstić information content (AvgIpc) is 3.39. The van der Waals surface area contributed by atoms with Crippen molar-refractivity contribution < 1.29 is 14.1 Å². The second kappa shape index (κ2) is 8.49. The molecule has 1 fully saturated rings. The van der Waals surface area contributed by atoms with E-state index in [0.717, 1.165) is 30.6 Å². The number of hydrogen-bond acceptors (Lipinski definition) is 5. The molecule has 1 unspecified atom stereocenters. The number of amides is 2. The van der Waals surface area contributed by atoms with Gasteiger partial charge in [-0.15, -0.1) is 0 Å². The van der Waals surface area contributed by atoms with Gasteiger partial charge >= 0.3 is 0 Å². The Labute approximate surface area is 175 Å². The van der Waals surface area contributed by atoms with E-state index in [-0.39, 0.29) is 17.5 Å². The summed E-state index contributed by atoms with van der Waals surface area (Å²) in [6.45, 7) is 5.05. The van der Waals surface area contributed by atoms with Gasteiger partial charge in [0.05, 0.1) is 0 Å². The summed E-state index contributed by atoms with van der Waals surface area (Å²) in [6.07, 6.45) is 3.63. The second-order valence-corrected chi connectivity index (χ2v) is 7.74. The molecule has 3 aromatic rings. The van der Waals surface area contributed by atoms with Crippen molar-refractivity contribution in [2.45, 2.75) is 26.7 Å². The Hall–Kier alpha value is -3.48. The summed E-state index contributed by atoms with van der Waals surface area (Å²) < 4.78 is 4.96. The number of likely N-dealkylation sites (tertiary alicyclic amines) is 1. The van der Waals surface area contributed by atoms with E-state index >= 15 is 0 Å². The van der Waals surface area contributed by atoms with Crippen LogP contribution in [0.3, 0.4) is 0 Å². The molecule has 0 saturated carbocycles. The third-order valence-corrected chi connectivity index (χ3v) is 5.39. The number of pyridine rings is 1. The summed E-state index contributed by atoms with van der Waals surface area (Å²) in [5.41, 5.74) is 3.29. The molecular formula is C23H24N4O3. The molecule has 0 bridgehead atoms. The third-order valence-electron chi connectivity index (χ3n) is 5.39. The fraction of sp³-hybridized carbons (Fsp3) is 0.304. The number of aryl methyl sites for hydroxylation is 2. The highest BCUT2D eigenvalue weighted by atomic mass is 16.5. The van der Waals surface area contributed by atoms with Crippen LogP contribution in [0, 0.1) is 19.8 Å². The van der Waals surface area contributed by atoms with Crippen LogP contribution in [0.2, 0.25) is 0 Å². The Morgan fingerprint density at radius 1 is 1.20 bits per heavy atom. The zero-order valence-electron chi connectivity index (χ0n) is 17.1. The zero-order valence-corrected chi connectivity index (χ0v) is 17.1. The minimum absolute atomic E-state index is 0.0219. The summed E-state index contributed by atoms with van der Waals surface area (Å²) >= 11 is 0. The quantitative estimate of drug-likeness (QED) is 0.701. The van der Waals surface area contributed by atoms with Crippen LogP contribution in [0.4, 0.5) is 5.69 Å². The molecule has 1 N–H and O–H groups in total. The predicted octanol–water partition coefficient (Wildman–Crippen LogP) is 3.64. The van der Waals surface area contributed by atoms with E-state index in [2.05, 4.69) is 15.5 Å². The van der Waals surface area contributed by atoms with Gasteiger partial charge in [-0.05, 0) is 62.4 Å². The number of aromatic nitrogens is 2. The molecule has 1 atom stereocenters. The smallest absolute Gasteiger partial charge is 0.277 e. The topological polar surface area (TPSA) is 88.3 Å². The number of anilines is 1. The van der Waals surface area contributed by atoms with Crippen molar-refractivity contribution in [1.29, 1.82) is 0 Å². The van der Waals surface area contributed by atoms with Crippen LogP contribution in [-0.2, 0) is 6.42 Å². The molecule has 154 valence electrons. The lowest BCUT2D eigenvalue weighted by molar-refractivity contribution is 0.0786. The van der Waals surface area contributed by atoms with E-state index in [4.69, 9.17) is 4.52 Å². The van der Waals surface area contributed by atoms with Gasteiger partial charge in [-0.1, -0.05) is 17.3 Å².